The van der Waals surface area contributed by atoms with Gasteiger partial charge in [-0.25, -0.2) is 0 Å². The standard InChI is InChI=1S/C16H19BrO/c1-13(2)8-7-11-16(17)14(3)18-12-15-9-5-4-6-10-15/h4-11,13H,3,12H2,1-2H3/b8-7-,16-11+. The summed E-state index contributed by atoms with van der Waals surface area (Å²) in [6.45, 7) is 8.71. The fraction of sp³-hybridized carbons (Fsp3) is 0.250. The quantitative estimate of drug-likeness (QED) is 0.518. The van der Waals surface area contributed by atoms with Crippen molar-refractivity contribution in [3.63, 3.8) is 0 Å². The lowest BCUT2D eigenvalue weighted by molar-refractivity contribution is 0.211. The van der Waals surface area contributed by atoms with Crippen molar-refractivity contribution in [3.05, 3.63) is 70.9 Å². The minimum Gasteiger partial charge on any atom is -0.488 e. The van der Waals surface area contributed by atoms with Crippen LogP contribution in [0.25, 0.3) is 0 Å². The molecule has 0 saturated heterocycles. The van der Waals surface area contributed by atoms with Gasteiger partial charge >= 0.3 is 0 Å². The average Bonchev–Trinajstić information content (AvgIpc) is 2.36. The summed E-state index contributed by atoms with van der Waals surface area (Å²) in [6, 6.07) is 10.0. The number of allylic oxidation sites excluding steroid dienone is 4. The first-order valence-electron chi connectivity index (χ1n) is 5.99. The summed E-state index contributed by atoms with van der Waals surface area (Å²) in [5.74, 6) is 1.19. The molecule has 2 heteroatoms. The van der Waals surface area contributed by atoms with Crippen molar-refractivity contribution in [1.29, 1.82) is 0 Å². The van der Waals surface area contributed by atoms with Crippen LogP contribution in [0.1, 0.15) is 19.4 Å². The predicted octanol–water partition coefficient (Wildman–Crippen LogP) is 5.21. The van der Waals surface area contributed by atoms with E-state index in [4.69, 9.17) is 4.74 Å². The highest BCUT2D eigenvalue weighted by atomic mass is 79.9. The second-order valence-electron chi connectivity index (χ2n) is 4.34. The van der Waals surface area contributed by atoms with Gasteiger partial charge in [-0.05, 0) is 33.5 Å². The topological polar surface area (TPSA) is 9.23 Å². The van der Waals surface area contributed by atoms with E-state index in [-0.39, 0.29) is 0 Å². The van der Waals surface area contributed by atoms with Crippen LogP contribution >= 0.6 is 15.9 Å². The molecule has 0 N–H and O–H groups in total. The SMILES string of the molecule is C=C(OCc1ccccc1)/C(Br)=C\C=C/C(C)C. The van der Waals surface area contributed by atoms with Crippen molar-refractivity contribution in [1.82, 2.24) is 0 Å². The van der Waals surface area contributed by atoms with Crippen LogP contribution in [0.4, 0.5) is 0 Å². The molecule has 18 heavy (non-hydrogen) atoms. The van der Waals surface area contributed by atoms with E-state index in [1.807, 2.05) is 42.5 Å². The van der Waals surface area contributed by atoms with Crippen LogP contribution in [0.3, 0.4) is 0 Å². The number of ether oxygens (including phenoxy) is 1. The number of rotatable bonds is 6. The van der Waals surface area contributed by atoms with Crippen LogP contribution in [0, 0.1) is 5.92 Å². The summed E-state index contributed by atoms with van der Waals surface area (Å²) in [5.41, 5.74) is 1.14. The van der Waals surface area contributed by atoms with E-state index in [2.05, 4.69) is 42.4 Å². The maximum Gasteiger partial charge on any atom is 0.126 e. The molecule has 96 valence electrons. The monoisotopic (exact) mass is 306 g/mol. The van der Waals surface area contributed by atoms with Crippen LogP contribution in [0.15, 0.2) is 65.4 Å². The van der Waals surface area contributed by atoms with Gasteiger partial charge in [-0.1, -0.05) is 62.9 Å². The second kappa shape index (κ2) is 7.93. The van der Waals surface area contributed by atoms with Gasteiger partial charge in [0.15, 0.2) is 0 Å². The Balaban J connectivity index is 2.45. The number of benzene rings is 1. The predicted molar refractivity (Wildman–Crippen MR) is 81.4 cm³/mol. The first kappa shape index (κ1) is 14.8. The summed E-state index contributed by atoms with van der Waals surface area (Å²) in [5, 5.41) is 0. The van der Waals surface area contributed by atoms with Gasteiger partial charge in [-0.15, -0.1) is 0 Å². The molecule has 0 unspecified atom stereocenters. The van der Waals surface area contributed by atoms with Crippen molar-refractivity contribution in [3.8, 4) is 0 Å². The fourth-order valence-electron chi connectivity index (χ4n) is 1.27. The van der Waals surface area contributed by atoms with Crippen molar-refractivity contribution >= 4 is 15.9 Å². The molecule has 0 heterocycles. The van der Waals surface area contributed by atoms with Crippen LogP contribution in [0.2, 0.25) is 0 Å². The summed E-state index contributed by atoms with van der Waals surface area (Å²) in [6.07, 6.45) is 6.07. The first-order chi connectivity index (χ1) is 8.59. The van der Waals surface area contributed by atoms with Gasteiger partial charge in [-0.3, -0.25) is 0 Å². The number of hydrogen-bond donors (Lipinski definition) is 0. The van der Waals surface area contributed by atoms with Crippen LogP contribution in [0.5, 0.6) is 0 Å². The van der Waals surface area contributed by atoms with E-state index < -0.39 is 0 Å². The van der Waals surface area contributed by atoms with E-state index in [0.717, 1.165) is 10.0 Å². The molecule has 0 amide bonds. The third-order valence-electron chi connectivity index (χ3n) is 2.26. The molecule has 0 aliphatic heterocycles. The molecule has 0 aliphatic carbocycles. The Hall–Kier alpha value is -1.28. The number of halogens is 1. The Morgan fingerprint density at radius 3 is 2.61 bits per heavy atom. The maximum atomic E-state index is 5.60. The van der Waals surface area contributed by atoms with Gasteiger partial charge in [-0.2, -0.15) is 0 Å². The molecule has 0 aromatic heterocycles. The van der Waals surface area contributed by atoms with E-state index in [9.17, 15) is 0 Å². The van der Waals surface area contributed by atoms with Crippen LogP contribution in [-0.2, 0) is 11.3 Å². The first-order valence-corrected chi connectivity index (χ1v) is 6.79. The second-order valence-corrected chi connectivity index (χ2v) is 5.20. The lowest BCUT2D eigenvalue weighted by Gasteiger charge is -2.08. The lowest BCUT2D eigenvalue weighted by Crippen LogP contribution is -1.92. The largest absolute Gasteiger partial charge is 0.488 e. The smallest absolute Gasteiger partial charge is 0.126 e. The van der Waals surface area contributed by atoms with Gasteiger partial charge < -0.3 is 4.74 Å². The molecular weight excluding hydrogens is 288 g/mol. The maximum absolute atomic E-state index is 5.60. The van der Waals surface area contributed by atoms with Gasteiger partial charge in [0.1, 0.15) is 12.4 Å². The van der Waals surface area contributed by atoms with E-state index >= 15 is 0 Å². The Bertz CT molecular complexity index is 430. The molecule has 1 rings (SSSR count). The third-order valence-corrected chi connectivity index (χ3v) is 2.97. The van der Waals surface area contributed by atoms with E-state index in [0.29, 0.717) is 18.3 Å². The molecular formula is C16H19BrO. The summed E-state index contributed by atoms with van der Waals surface area (Å²) < 4.78 is 6.47. The fourth-order valence-corrected chi connectivity index (χ4v) is 1.54. The molecule has 0 atom stereocenters. The zero-order chi connectivity index (χ0) is 13.4. The Morgan fingerprint density at radius 2 is 2.00 bits per heavy atom. The van der Waals surface area contributed by atoms with E-state index in [1.165, 1.54) is 0 Å². The molecule has 0 spiro atoms. The van der Waals surface area contributed by atoms with Gasteiger partial charge in [0, 0.05) is 0 Å². The van der Waals surface area contributed by atoms with Crippen molar-refractivity contribution in [2.75, 3.05) is 0 Å². The number of hydrogen-bond acceptors (Lipinski definition) is 1. The molecule has 0 fully saturated rings. The molecule has 1 nitrogen and oxygen atoms in total. The molecule has 0 saturated carbocycles. The van der Waals surface area contributed by atoms with Crippen molar-refractivity contribution in [2.24, 2.45) is 5.92 Å². The highest BCUT2D eigenvalue weighted by Gasteiger charge is 1.99. The van der Waals surface area contributed by atoms with Crippen molar-refractivity contribution < 1.29 is 4.74 Å². The zero-order valence-corrected chi connectivity index (χ0v) is 12.5. The summed E-state index contributed by atoms with van der Waals surface area (Å²) in [7, 11) is 0. The van der Waals surface area contributed by atoms with Gasteiger partial charge in [0.2, 0.25) is 0 Å². The average molecular weight is 307 g/mol. The molecule has 1 aromatic rings. The minimum absolute atomic E-state index is 0.538. The lowest BCUT2D eigenvalue weighted by atomic mass is 10.2. The van der Waals surface area contributed by atoms with Gasteiger partial charge in [0.05, 0.1) is 4.48 Å². The Morgan fingerprint density at radius 1 is 1.33 bits per heavy atom. The normalized spacial score (nSPS) is 12.1. The molecule has 0 aliphatic rings. The molecule has 0 radical (unpaired) electrons. The summed E-state index contributed by atoms with van der Waals surface area (Å²) in [4.78, 5) is 0. The third kappa shape index (κ3) is 5.87. The Kier molecular flexibility index (Phi) is 6.51. The summed E-state index contributed by atoms with van der Waals surface area (Å²) >= 11 is 3.45. The highest BCUT2D eigenvalue weighted by molar-refractivity contribution is 9.11. The highest BCUT2D eigenvalue weighted by Crippen LogP contribution is 2.18. The molecule has 1 aromatic carbocycles. The molecule has 0 bridgehead atoms. The Labute approximate surface area is 118 Å². The van der Waals surface area contributed by atoms with Crippen LogP contribution < -0.4 is 0 Å². The van der Waals surface area contributed by atoms with E-state index in [1.54, 1.807) is 0 Å². The van der Waals surface area contributed by atoms with Gasteiger partial charge in [0.25, 0.3) is 0 Å². The minimum atomic E-state index is 0.538. The van der Waals surface area contributed by atoms with Crippen molar-refractivity contribution in [2.45, 2.75) is 20.5 Å². The van der Waals surface area contributed by atoms with Crippen LogP contribution in [-0.4, -0.2) is 0 Å². The zero-order valence-electron chi connectivity index (χ0n) is 10.9.